The van der Waals surface area contributed by atoms with E-state index in [2.05, 4.69) is 0 Å². The van der Waals surface area contributed by atoms with Crippen molar-refractivity contribution in [3.05, 3.63) is 0 Å². The zero-order chi connectivity index (χ0) is 32.3. The minimum absolute atomic E-state index is 0.00183. The topological polar surface area (TPSA) is 158 Å². The molecule has 0 aromatic rings. The molecule has 0 aromatic heterocycles. The molecule has 0 saturated carbocycles. The van der Waals surface area contributed by atoms with Crippen LogP contribution in [0.25, 0.3) is 0 Å². The summed E-state index contributed by atoms with van der Waals surface area (Å²) in [5.74, 6) is -9.11. The molecule has 0 aliphatic heterocycles. The maximum atomic E-state index is 14.1. The Morgan fingerprint density at radius 2 is 1.12 bits per heavy atom. The predicted octanol–water partition coefficient (Wildman–Crippen LogP) is 4.40. The number of methoxy groups -OCH3 is 2. The van der Waals surface area contributed by atoms with Crippen molar-refractivity contribution in [3.8, 4) is 0 Å². The Balaban J connectivity index is 8.07. The zero-order valence-corrected chi connectivity index (χ0v) is 27.2. The van der Waals surface area contributed by atoms with Crippen LogP contribution in [-0.4, -0.2) is 106 Å². The molecule has 2 atom stereocenters. The van der Waals surface area contributed by atoms with Crippen molar-refractivity contribution in [2.75, 3.05) is 60.5 Å². The maximum absolute atomic E-state index is 14.1. The molecule has 13 nitrogen and oxygen atoms in total. The van der Waals surface area contributed by atoms with Crippen molar-refractivity contribution in [1.29, 1.82) is 0 Å². The van der Waals surface area contributed by atoms with E-state index in [1.165, 1.54) is 14.2 Å². The van der Waals surface area contributed by atoms with Crippen LogP contribution < -0.4 is 0 Å². The minimum Gasteiger partial charge on any atom is -0.481 e. The van der Waals surface area contributed by atoms with Gasteiger partial charge in [-0.15, -0.1) is 0 Å². The highest BCUT2D eigenvalue weighted by molar-refractivity contribution is 5.78. The first kappa shape index (κ1) is 40.6. The minimum atomic E-state index is -2.37. The van der Waals surface area contributed by atoms with E-state index in [4.69, 9.17) is 47.7 Å². The average Bonchev–Trinajstić information content (AvgIpc) is 2.94. The molecule has 0 rings (SSSR count). The standard InChI is InChI=1S/C29H56O13/c1-10-36-25(34-8)27(37-11-2,38-12-3)26(24(32)33,22-20-18-17-19-21-23(30)31)28(39-13-4,40-14-5)29(35-9,41-15-6)42-16-7/h25H,10-22H2,1-9H3,(H,30,31)(H,32,33). The van der Waals surface area contributed by atoms with Gasteiger partial charge in [-0.25, -0.2) is 0 Å². The number of hydrogen-bond acceptors (Lipinski definition) is 11. The highest BCUT2D eigenvalue weighted by Gasteiger charge is 2.82. The Labute approximate surface area is 251 Å². The Morgan fingerprint density at radius 1 is 0.643 bits per heavy atom. The van der Waals surface area contributed by atoms with E-state index in [1.807, 2.05) is 0 Å². The highest BCUT2D eigenvalue weighted by Crippen LogP contribution is 2.58. The lowest BCUT2D eigenvalue weighted by atomic mass is 9.65. The quantitative estimate of drug-likeness (QED) is 0.0947. The van der Waals surface area contributed by atoms with Crippen molar-refractivity contribution in [3.63, 3.8) is 0 Å². The molecule has 0 radical (unpaired) electrons. The summed E-state index contributed by atoms with van der Waals surface area (Å²) in [7, 11) is 2.68. The number of hydrogen-bond donors (Lipinski definition) is 2. The van der Waals surface area contributed by atoms with E-state index >= 15 is 0 Å². The van der Waals surface area contributed by atoms with Crippen molar-refractivity contribution in [2.24, 2.45) is 5.41 Å². The molecule has 0 aliphatic rings. The van der Waals surface area contributed by atoms with Crippen LogP contribution >= 0.6 is 0 Å². The summed E-state index contributed by atoms with van der Waals surface area (Å²) in [6.07, 6.45) is 0.179. The predicted molar refractivity (Wildman–Crippen MR) is 153 cm³/mol. The second kappa shape index (κ2) is 20.5. The lowest BCUT2D eigenvalue weighted by Crippen LogP contribution is -2.80. The van der Waals surface area contributed by atoms with Crippen LogP contribution in [0.2, 0.25) is 0 Å². The summed E-state index contributed by atoms with van der Waals surface area (Å²) in [6, 6.07) is 0. The summed E-state index contributed by atoms with van der Waals surface area (Å²) in [5, 5.41) is 20.6. The molecule has 0 spiro atoms. The summed E-state index contributed by atoms with van der Waals surface area (Å²) in [5.41, 5.74) is -2.33. The molecular weight excluding hydrogens is 556 g/mol. The van der Waals surface area contributed by atoms with Gasteiger partial charge in [0, 0.05) is 66.9 Å². The van der Waals surface area contributed by atoms with Gasteiger partial charge in [0.15, 0.2) is 5.41 Å². The SMILES string of the molecule is CCOC(OC)C(OCC)(OCC)C(CCCCCCC(=O)O)(C(=O)O)C(OCC)(OCC)C(OC)(OCC)OCC. The second-order valence-electron chi connectivity index (χ2n) is 9.18. The van der Waals surface area contributed by atoms with Gasteiger partial charge in [0.1, 0.15) is 0 Å². The summed E-state index contributed by atoms with van der Waals surface area (Å²) >= 11 is 0. The van der Waals surface area contributed by atoms with Gasteiger partial charge in [0.25, 0.3) is 5.79 Å². The number of rotatable bonds is 28. The third-order valence-electron chi connectivity index (χ3n) is 6.81. The van der Waals surface area contributed by atoms with Gasteiger partial charge in [0.2, 0.25) is 12.1 Å². The first-order chi connectivity index (χ1) is 20.1. The van der Waals surface area contributed by atoms with Crippen LogP contribution in [0.5, 0.6) is 0 Å². The Morgan fingerprint density at radius 3 is 1.48 bits per heavy atom. The van der Waals surface area contributed by atoms with E-state index in [0.29, 0.717) is 19.3 Å². The summed E-state index contributed by atoms with van der Waals surface area (Å²) in [4.78, 5) is 25.2. The number of aliphatic carboxylic acids is 2. The van der Waals surface area contributed by atoms with Crippen molar-refractivity contribution < 1.29 is 62.4 Å². The summed E-state index contributed by atoms with van der Waals surface area (Å²) < 4.78 is 55.4. The largest absolute Gasteiger partial charge is 0.481 e. The number of carboxylic acid groups (broad SMARTS) is 2. The van der Waals surface area contributed by atoms with Gasteiger partial charge in [-0.3, -0.25) is 9.59 Å². The van der Waals surface area contributed by atoms with Crippen LogP contribution in [0, 0.1) is 5.41 Å². The zero-order valence-electron chi connectivity index (χ0n) is 27.2. The molecule has 0 fully saturated rings. The third-order valence-corrected chi connectivity index (χ3v) is 6.81. The first-order valence-electron chi connectivity index (χ1n) is 15.0. The van der Waals surface area contributed by atoms with Gasteiger partial charge < -0.3 is 52.8 Å². The lowest BCUT2D eigenvalue weighted by Gasteiger charge is -2.60. The smallest absolute Gasteiger partial charge is 0.341 e. The fourth-order valence-electron chi connectivity index (χ4n) is 5.52. The number of carbonyl (C=O) groups is 2. The van der Waals surface area contributed by atoms with Crippen LogP contribution in [-0.2, 0) is 52.2 Å². The molecule has 13 heteroatoms. The van der Waals surface area contributed by atoms with E-state index in [-0.39, 0.29) is 65.5 Å². The molecule has 42 heavy (non-hydrogen) atoms. The van der Waals surface area contributed by atoms with Crippen LogP contribution in [0.1, 0.15) is 87.0 Å². The molecule has 0 amide bonds. The Hall–Kier alpha value is -1.42. The van der Waals surface area contributed by atoms with Crippen LogP contribution in [0.3, 0.4) is 0 Å². The van der Waals surface area contributed by atoms with Gasteiger partial charge in [-0.2, -0.15) is 0 Å². The first-order valence-corrected chi connectivity index (χ1v) is 15.0. The van der Waals surface area contributed by atoms with Crippen LogP contribution in [0.4, 0.5) is 0 Å². The van der Waals surface area contributed by atoms with E-state index < -0.39 is 41.2 Å². The van der Waals surface area contributed by atoms with Crippen molar-refractivity contribution >= 4 is 11.9 Å². The van der Waals surface area contributed by atoms with Crippen molar-refractivity contribution in [2.45, 2.75) is 111 Å². The van der Waals surface area contributed by atoms with E-state index in [9.17, 15) is 14.7 Å². The monoisotopic (exact) mass is 612 g/mol. The maximum Gasteiger partial charge on any atom is 0.341 e. The lowest BCUT2D eigenvalue weighted by molar-refractivity contribution is -0.539. The van der Waals surface area contributed by atoms with Gasteiger partial charge in [0.05, 0.1) is 0 Å². The van der Waals surface area contributed by atoms with Crippen LogP contribution in [0.15, 0.2) is 0 Å². The molecule has 0 heterocycles. The number of carboxylic acids is 2. The van der Waals surface area contributed by atoms with Gasteiger partial charge in [-0.05, 0) is 61.3 Å². The van der Waals surface area contributed by atoms with Gasteiger partial charge >= 0.3 is 17.9 Å². The van der Waals surface area contributed by atoms with E-state index in [1.54, 1.807) is 48.5 Å². The summed E-state index contributed by atoms with van der Waals surface area (Å²) in [6.45, 7) is 12.0. The van der Waals surface area contributed by atoms with Gasteiger partial charge in [-0.1, -0.05) is 19.3 Å². The van der Waals surface area contributed by atoms with E-state index in [0.717, 1.165) is 0 Å². The molecular formula is C29H56O13. The molecule has 0 saturated heterocycles. The fraction of sp³-hybridized carbons (Fsp3) is 0.931. The average molecular weight is 613 g/mol. The second-order valence-corrected chi connectivity index (χ2v) is 9.18. The fourth-order valence-corrected chi connectivity index (χ4v) is 5.52. The molecule has 2 N–H and O–H groups in total. The van der Waals surface area contributed by atoms with Crippen molar-refractivity contribution in [1.82, 2.24) is 0 Å². The number of unbranched alkanes of at least 4 members (excludes halogenated alkanes) is 3. The molecule has 250 valence electrons. The number of ether oxygens (including phenoxy) is 9. The highest BCUT2D eigenvalue weighted by atomic mass is 16.9. The normalized spacial score (nSPS) is 15.0. The Bertz CT molecular complexity index is 729. The molecule has 0 aromatic carbocycles. The third kappa shape index (κ3) is 8.60. The Kier molecular flexibility index (Phi) is 19.8. The molecule has 0 aliphatic carbocycles. The molecule has 0 bridgehead atoms. The molecule has 2 unspecified atom stereocenters.